The molecule has 1 aromatic rings. The van der Waals surface area contributed by atoms with Crippen LogP contribution in [0.4, 0.5) is 8.78 Å². The number of aromatic nitrogens is 1. The molecule has 0 aliphatic carbocycles. The molecule has 1 nitrogen and oxygen atoms in total. The maximum Gasteiger partial charge on any atom is 0.197 e. The van der Waals surface area contributed by atoms with E-state index in [4.69, 9.17) is 23.2 Å². The molecule has 0 saturated heterocycles. The fourth-order valence-corrected chi connectivity index (χ4v) is 0.940. The van der Waals surface area contributed by atoms with E-state index in [2.05, 4.69) is 0 Å². The topological polar surface area (TPSA) is 4.93 Å². The van der Waals surface area contributed by atoms with Gasteiger partial charge in [0.2, 0.25) is 0 Å². The van der Waals surface area contributed by atoms with Crippen LogP contribution in [0.3, 0.4) is 0 Å². The van der Waals surface area contributed by atoms with Crippen molar-refractivity contribution in [3.05, 3.63) is 21.9 Å². The van der Waals surface area contributed by atoms with Crippen LogP contribution < -0.4 is 0 Å². The van der Waals surface area contributed by atoms with Gasteiger partial charge in [-0.1, -0.05) is 23.2 Å². The van der Waals surface area contributed by atoms with E-state index in [9.17, 15) is 8.78 Å². The first-order chi connectivity index (χ1) is 4.55. The molecule has 0 aliphatic rings. The Bertz CT molecular complexity index is 189. The van der Waals surface area contributed by atoms with Crippen LogP contribution in [0.15, 0.2) is 0 Å². The lowest BCUT2D eigenvalue weighted by atomic mass is 10.6. The molecule has 0 amide bonds. The lowest BCUT2D eigenvalue weighted by molar-refractivity contribution is 0.517. The summed E-state index contributed by atoms with van der Waals surface area (Å²) in [6.07, 6.45) is 0. The van der Waals surface area contributed by atoms with Crippen molar-refractivity contribution < 1.29 is 8.78 Å². The highest BCUT2D eigenvalue weighted by molar-refractivity contribution is 6.33. The van der Waals surface area contributed by atoms with Crippen molar-refractivity contribution in [1.29, 1.82) is 0 Å². The van der Waals surface area contributed by atoms with E-state index in [1.54, 1.807) is 0 Å². The van der Waals surface area contributed by atoms with E-state index >= 15 is 0 Å². The second-order valence-corrected chi connectivity index (χ2v) is 2.48. The van der Waals surface area contributed by atoms with Gasteiger partial charge in [0.1, 0.15) is 10.3 Å². The molecular formula is C5H3Cl2F2N. The summed E-state index contributed by atoms with van der Waals surface area (Å²) in [7, 11) is 1.37. The standard InChI is InChI=1S/C5H3Cl2F2N/c1-10-4(6)2(8)3(9)5(10)7/h1H3. The summed E-state index contributed by atoms with van der Waals surface area (Å²) in [5, 5.41) is -0.634. The van der Waals surface area contributed by atoms with Gasteiger partial charge in [-0.3, -0.25) is 0 Å². The van der Waals surface area contributed by atoms with Crippen LogP contribution in [0.1, 0.15) is 0 Å². The summed E-state index contributed by atoms with van der Waals surface area (Å²) in [5.74, 6) is -2.21. The maximum absolute atomic E-state index is 12.4. The van der Waals surface area contributed by atoms with Gasteiger partial charge in [-0.15, -0.1) is 0 Å². The molecule has 0 N–H and O–H groups in total. The van der Waals surface area contributed by atoms with E-state index in [-0.39, 0.29) is 10.3 Å². The largest absolute Gasteiger partial charge is 0.321 e. The van der Waals surface area contributed by atoms with Crippen molar-refractivity contribution in [3.63, 3.8) is 0 Å². The zero-order valence-electron chi connectivity index (χ0n) is 4.96. The van der Waals surface area contributed by atoms with Crippen molar-refractivity contribution >= 4 is 23.2 Å². The van der Waals surface area contributed by atoms with E-state index in [1.165, 1.54) is 7.05 Å². The molecule has 0 fully saturated rings. The molecule has 1 aromatic heterocycles. The van der Waals surface area contributed by atoms with Crippen LogP contribution in [0, 0.1) is 11.6 Å². The van der Waals surface area contributed by atoms with Gasteiger partial charge in [0.15, 0.2) is 11.6 Å². The first-order valence-corrected chi connectivity index (χ1v) is 3.16. The van der Waals surface area contributed by atoms with Gasteiger partial charge in [0, 0.05) is 7.05 Å². The lowest BCUT2D eigenvalue weighted by Crippen LogP contribution is -1.85. The minimum atomic E-state index is -1.10. The molecule has 1 rings (SSSR count). The first-order valence-electron chi connectivity index (χ1n) is 2.40. The molecule has 0 spiro atoms. The van der Waals surface area contributed by atoms with Gasteiger partial charge in [-0.2, -0.15) is 0 Å². The Morgan fingerprint density at radius 1 is 1.10 bits per heavy atom. The summed E-state index contributed by atoms with van der Waals surface area (Å²) < 4.78 is 25.8. The average Bonchev–Trinajstić information content (AvgIpc) is 2.07. The summed E-state index contributed by atoms with van der Waals surface area (Å²) in [5.41, 5.74) is 0. The monoisotopic (exact) mass is 185 g/mol. The molecule has 56 valence electrons. The van der Waals surface area contributed by atoms with E-state index in [0.717, 1.165) is 4.57 Å². The van der Waals surface area contributed by atoms with E-state index in [0.29, 0.717) is 0 Å². The second kappa shape index (κ2) is 2.40. The summed E-state index contributed by atoms with van der Waals surface area (Å²) in [4.78, 5) is 0. The normalized spacial score (nSPS) is 10.5. The van der Waals surface area contributed by atoms with Crippen LogP contribution in [-0.2, 0) is 7.05 Å². The predicted octanol–water partition coefficient (Wildman–Crippen LogP) is 2.61. The Hall–Kier alpha value is -0.280. The van der Waals surface area contributed by atoms with Gasteiger partial charge in [0.05, 0.1) is 0 Å². The van der Waals surface area contributed by atoms with Crippen LogP contribution in [0.25, 0.3) is 0 Å². The number of rotatable bonds is 0. The second-order valence-electron chi connectivity index (χ2n) is 1.77. The third kappa shape index (κ3) is 0.896. The fourth-order valence-electron chi connectivity index (χ4n) is 0.562. The Labute approximate surface area is 66.2 Å². The SMILES string of the molecule is Cn1c(Cl)c(F)c(F)c1Cl. The molecule has 5 heteroatoms. The molecule has 0 aliphatic heterocycles. The number of hydrogen-bond donors (Lipinski definition) is 0. The molecule has 0 atom stereocenters. The van der Waals surface area contributed by atoms with E-state index < -0.39 is 11.6 Å². The van der Waals surface area contributed by atoms with Crippen molar-refractivity contribution in [1.82, 2.24) is 4.57 Å². The third-order valence-electron chi connectivity index (χ3n) is 1.14. The van der Waals surface area contributed by atoms with Crippen molar-refractivity contribution in [3.8, 4) is 0 Å². The molecule has 0 radical (unpaired) electrons. The summed E-state index contributed by atoms with van der Waals surface area (Å²) >= 11 is 10.5. The fraction of sp³-hybridized carbons (Fsp3) is 0.200. The van der Waals surface area contributed by atoms with Crippen molar-refractivity contribution in [2.45, 2.75) is 0 Å². The van der Waals surface area contributed by atoms with Gasteiger partial charge in [-0.25, -0.2) is 8.78 Å². The van der Waals surface area contributed by atoms with Gasteiger partial charge in [-0.05, 0) is 0 Å². The minimum absolute atomic E-state index is 0.317. The number of hydrogen-bond acceptors (Lipinski definition) is 0. The zero-order chi connectivity index (χ0) is 7.89. The predicted molar refractivity (Wildman–Crippen MR) is 35.3 cm³/mol. The van der Waals surface area contributed by atoms with E-state index in [1.807, 2.05) is 0 Å². The van der Waals surface area contributed by atoms with Gasteiger partial charge in [0.25, 0.3) is 0 Å². The van der Waals surface area contributed by atoms with Crippen molar-refractivity contribution in [2.75, 3.05) is 0 Å². The first kappa shape index (κ1) is 7.82. The molecule has 0 saturated carbocycles. The average molecular weight is 186 g/mol. The minimum Gasteiger partial charge on any atom is -0.321 e. The summed E-state index contributed by atoms with van der Waals surface area (Å²) in [6, 6.07) is 0. The molecule has 1 heterocycles. The molecular weight excluding hydrogens is 183 g/mol. The highest BCUT2D eigenvalue weighted by Gasteiger charge is 2.17. The third-order valence-corrected chi connectivity index (χ3v) is 1.98. The lowest BCUT2D eigenvalue weighted by Gasteiger charge is -1.91. The highest BCUT2D eigenvalue weighted by atomic mass is 35.5. The van der Waals surface area contributed by atoms with Crippen LogP contribution in [0.5, 0.6) is 0 Å². The Kier molecular flexibility index (Phi) is 1.88. The zero-order valence-corrected chi connectivity index (χ0v) is 6.47. The Morgan fingerprint density at radius 3 is 1.50 bits per heavy atom. The molecule has 0 unspecified atom stereocenters. The Morgan fingerprint density at radius 2 is 1.40 bits per heavy atom. The highest BCUT2D eigenvalue weighted by Crippen LogP contribution is 2.26. The van der Waals surface area contributed by atoms with Crippen LogP contribution >= 0.6 is 23.2 Å². The number of halogens is 4. The molecule has 0 aromatic carbocycles. The quantitative estimate of drug-likeness (QED) is 0.586. The van der Waals surface area contributed by atoms with Crippen LogP contribution in [-0.4, -0.2) is 4.57 Å². The maximum atomic E-state index is 12.4. The van der Waals surface area contributed by atoms with Crippen LogP contribution in [0.2, 0.25) is 10.3 Å². The molecule has 10 heavy (non-hydrogen) atoms. The van der Waals surface area contributed by atoms with Gasteiger partial charge >= 0.3 is 0 Å². The van der Waals surface area contributed by atoms with Crippen molar-refractivity contribution in [2.24, 2.45) is 7.05 Å². The van der Waals surface area contributed by atoms with Gasteiger partial charge < -0.3 is 4.57 Å². The number of nitrogens with zero attached hydrogens (tertiary/aromatic N) is 1. The molecule has 0 bridgehead atoms. The smallest absolute Gasteiger partial charge is 0.197 e. The Balaban J connectivity index is 3.44. The summed E-state index contributed by atoms with van der Waals surface area (Å²) in [6.45, 7) is 0.